The third-order valence-corrected chi connectivity index (χ3v) is 3.80. The van der Waals surface area contributed by atoms with Crippen LogP contribution in [0.4, 0.5) is 0 Å². The molecule has 2 N–H and O–H groups in total. The summed E-state index contributed by atoms with van der Waals surface area (Å²) in [5.74, 6) is 0. The predicted molar refractivity (Wildman–Crippen MR) is 91.6 cm³/mol. The van der Waals surface area contributed by atoms with Crippen molar-refractivity contribution in [2.24, 2.45) is 5.73 Å². The van der Waals surface area contributed by atoms with Gasteiger partial charge in [-0.1, -0.05) is 36.4 Å². The van der Waals surface area contributed by atoms with E-state index in [9.17, 15) is 0 Å². The number of fused-ring (bicyclic) bond motifs is 1. The van der Waals surface area contributed by atoms with Crippen molar-refractivity contribution in [3.8, 4) is 0 Å². The molecule has 0 saturated heterocycles. The topological polar surface area (TPSA) is 42.1 Å². The summed E-state index contributed by atoms with van der Waals surface area (Å²) in [5.41, 5.74) is 11.0. The molecule has 0 aliphatic rings. The van der Waals surface area contributed by atoms with Gasteiger partial charge < -0.3 is 10.6 Å². The average Bonchev–Trinajstić information content (AvgIpc) is 2.53. The van der Waals surface area contributed by atoms with Gasteiger partial charge in [0.05, 0.1) is 11.6 Å². The molecule has 0 aliphatic heterocycles. The molecular weight excluding hydrogens is 270 g/mol. The number of benzene rings is 2. The largest absolute Gasteiger partial charge is 0.320 e. The van der Waals surface area contributed by atoms with Gasteiger partial charge in [0.15, 0.2) is 0 Å². The molecule has 112 valence electrons. The van der Waals surface area contributed by atoms with Gasteiger partial charge in [-0.2, -0.15) is 0 Å². The maximum absolute atomic E-state index is 6.47. The Morgan fingerprint density at radius 1 is 1.00 bits per heavy atom. The van der Waals surface area contributed by atoms with Gasteiger partial charge in [0, 0.05) is 18.1 Å². The van der Waals surface area contributed by atoms with Crippen molar-refractivity contribution in [2.45, 2.75) is 12.6 Å². The second kappa shape index (κ2) is 6.26. The maximum atomic E-state index is 6.47. The molecule has 0 spiro atoms. The first-order valence-corrected chi connectivity index (χ1v) is 7.47. The smallest absolute Gasteiger partial charge is 0.0702 e. The van der Waals surface area contributed by atoms with Gasteiger partial charge >= 0.3 is 0 Å². The van der Waals surface area contributed by atoms with Crippen LogP contribution >= 0.6 is 0 Å². The monoisotopic (exact) mass is 291 g/mol. The number of aromatic nitrogens is 1. The van der Waals surface area contributed by atoms with Crippen LogP contribution in [-0.4, -0.2) is 24.0 Å². The van der Waals surface area contributed by atoms with Crippen molar-refractivity contribution in [3.05, 3.63) is 77.5 Å². The summed E-state index contributed by atoms with van der Waals surface area (Å²) in [5, 5.41) is 1.12. The SMILES string of the molecule is CN(C)Cc1cccc(C(N)c2ccc3ncccc3c2)c1. The van der Waals surface area contributed by atoms with E-state index in [1.54, 1.807) is 0 Å². The van der Waals surface area contributed by atoms with E-state index in [-0.39, 0.29) is 6.04 Å². The highest BCUT2D eigenvalue weighted by atomic mass is 15.0. The molecule has 2 aromatic carbocycles. The van der Waals surface area contributed by atoms with Crippen LogP contribution in [0.15, 0.2) is 60.8 Å². The van der Waals surface area contributed by atoms with Crippen molar-refractivity contribution in [3.63, 3.8) is 0 Å². The number of hydrogen-bond donors (Lipinski definition) is 1. The number of rotatable bonds is 4. The van der Waals surface area contributed by atoms with Gasteiger partial charge in [0.25, 0.3) is 0 Å². The minimum absolute atomic E-state index is 0.119. The van der Waals surface area contributed by atoms with Gasteiger partial charge in [-0.05, 0) is 49.0 Å². The second-order valence-corrected chi connectivity index (χ2v) is 5.92. The van der Waals surface area contributed by atoms with Crippen molar-refractivity contribution in [2.75, 3.05) is 14.1 Å². The van der Waals surface area contributed by atoms with E-state index < -0.39 is 0 Å². The third kappa shape index (κ3) is 3.16. The van der Waals surface area contributed by atoms with Crippen molar-refractivity contribution < 1.29 is 0 Å². The lowest BCUT2D eigenvalue weighted by molar-refractivity contribution is 0.402. The van der Waals surface area contributed by atoms with E-state index in [1.165, 1.54) is 5.56 Å². The van der Waals surface area contributed by atoms with E-state index in [1.807, 2.05) is 18.3 Å². The molecule has 0 bridgehead atoms. The summed E-state index contributed by atoms with van der Waals surface area (Å²) in [6, 6.07) is 18.6. The lowest BCUT2D eigenvalue weighted by atomic mass is 9.96. The number of nitrogens with two attached hydrogens (primary N) is 1. The van der Waals surface area contributed by atoms with Crippen LogP contribution < -0.4 is 5.73 Å². The lowest BCUT2D eigenvalue weighted by Gasteiger charge is -2.16. The van der Waals surface area contributed by atoms with E-state index in [4.69, 9.17) is 5.73 Å². The Kier molecular flexibility index (Phi) is 4.18. The van der Waals surface area contributed by atoms with Crippen LogP contribution in [0.2, 0.25) is 0 Å². The molecule has 1 atom stereocenters. The maximum Gasteiger partial charge on any atom is 0.0702 e. The zero-order valence-corrected chi connectivity index (χ0v) is 13.0. The van der Waals surface area contributed by atoms with Crippen LogP contribution in [-0.2, 0) is 6.54 Å². The lowest BCUT2D eigenvalue weighted by Crippen LogP contribution is -2.14. The third-order valence-electron chi connectivity index (χ3n) is 3.80. The fourth-order valence-electron chi connectivity index (χ4n) is 2.73. The van der Waals surface area contributed by atoms with E-state index in [2.05, 4.69) is 66.4 Å². The fraction of sp³-hybridized carbons (Fsp3) is 0.211. The highest BCUT2D eigenvalue weighted by molar-refractivity contribution is 5.79. The molecule has 0 radical (unpaired) electrons. The Labute approximate surface area is 131 Å². The van der Waals surface area contributed by atoms with Gasteiger partial charge in [-0.25, -0.2) is 0 Å². The summed E-state index contributed by atoms with van der Waals surface area (Å²) >= 11 is 0. The van der Waals surface area contributed by atoms with Gasteiger partial charge in [-0.15, -0.1) is 0 Å². The molecule has 1 aromatic heterocycles. The fourth-order valence-corrected chi connectivity index (χ4v) is 2.73. The van der Waals surface area contributed by atoms with E-state index in [0.29, 0.717) is 0 Å². The quantitative estimate of drug-likeness (QED) is 0.801. The van der Waals surface area contributed by atoms with E-state index in [0.717, 1.165) is 28.6 Å². The summed E-state index contributed by atoms with van der Waals surface area (Å²) in [6.07, 6.45) is 1.81. The van der Waals surface area contributed by atoms with Gasteiger partial charge in [0.2, 0.25) is 0 Å². The Hall–Kier alpha value is -2.23. The minimum atomic E-state index is -0.119. The Balaban J connectivity index is 1.93. The minimum Gasteiger partial charge on any atom is -0.320 e. The van der Waals surface area contributed by atoms with Crippen LogP contribution in [0.25, 0.3) is 10.9 Å². The van der Waals surface area contributed by atoms with Crippen LogP contribution in [0.5, 0.6) is 0 Å². The molecule has 0 saturated carbocycles. The highest BCUT2D eigenvalue weighted by Gasteiger charge is 2.10. The van der Waals surface area contributed by atoms with Crippen molar-refractivity contribution >= 4 is 10.9 Å². The summed E-state index contributed by atoms with van der Waals surface area (Å²) < 4.78 is 0. The van der Waals surface area contributed by atoms with Gasteiger partial charge in [0.1, 0.15) is 0 Å². The zero-order valence-electron chi connectivity index (χ0n) is 13.0. The summed E-state index contributed by atoms with van der Waals surface area (Å²) in [6.45, 7) is 0.919. The first kappa shape index (κ1) is 14.7. The van der Waals surface area contributed by atoms with Crippen LogP contribution in [0, 0.1) is 0 Å². The molecule has 0 fully saturated rings. The number of pyridine rings is 1. The second-order valence-electron chi connectivity index (χ2n) is 5.92. The first-order valence-electron chi connectivity index (χ1n) is 7.47. The van der Waals surface area contributed by atoms with Gasteiger partial charge in [-0.3, -0.25) is 4.98 Å². The van der Waals surface area contributed by atoms with Crippen molar-refractivity contribution in [1.82, 2.24) is 9.88 Å². The van der Waals surface area contributed by atoms with Crippen molar-refractivity contribution in [1.29, 1.82) is 0 Å². The molecule has 1 unspecified atom stereocenters. The first-order chi connectivity index (χ1) is 10.6. The highest BCUT2D eigenvalue weighted by Crippen LogP contribution is 2.23. The standard InChI is InChI=1S/C19H21N3/c1-22(2)13-14-5-3-6-16(11-14)19(20)17-8-9-18-15(12-17)7-4-10-21-18/h3-12,19H,13,20H2,1-2H3. The number of nitrogens with zero attached hydrogens (tertiary/aromatic N) is 2. The summed E-state index contributed by atoms with van der Waals surface area (Å²) in [7, 11) is 4.14. The van der Waals surface area contributed by atoms with Crippen LogP contribution in [0.1, 0.15) is 22.7 Å². The zero-order chi connectivity index (χ0) is 15.5. The Morgan fingerprint density at radius 2 is 1.82 bits per heavy atom. The average molecular weight is 291 g/mol. The predicted octanol–water partition coefficient (Wildman–Crippen LogP) is 3.34. The number of hydrogen-bond acceptors (Lipinski definition) is 3. The Morgan fingerprint density at radius 3 is 2.64 bits per heavy atom. The molecule has 0 aliphatic carbocycles. The van der Waals surface area contributed by atoms with E-state index >= 15 is 0 Å². The molecule has 3 aromatic rings. The molecule has 3 heteroatoms. The molecular formula is C19H21N3. The Bertz CT molecular complexity index is 780. The van der Waals surface area contributed by atoms with Crippen LogP contribution in [0.3, 0.4) is 0 Å². The molecule has 3 rings (SSSR count). The molecule has 22 heavy (non-hydrogen) atoms. The normalized spacial score (nSPS) is 12.7. The summed E-state index contributed by atoms with van der Waals surface area (Å²) in [4.78, 5) is 6.51. The molecule has 3 nitrogen and oxygen atoms in total. The molecule has 1 heterocycles. The molecule has 0 amide bonds.